The lowest BCUT2D eigenvalue weighted by atomic mass is 10.1. The fourth-order valence-corrected chi connectivity index (χ4v) is 1.79. The van der Waals surface area contributed by atoms with Crippen molar-refractivity contribution in [2.45, 2.75) is 6.42 Å². The largest absolute Gasteiger partial charge is 0.481 e. The van der Waals surface area contributed by atoms with Crippen molar-refractivity contribution in [3.05, 3.63) is 11.2 Å². The third kappa shape index (κ3) is 2.32. The van der Waals surface area contributed by atoms with Crippen LogP contribution in [-0.2, 0) is 4.79 Å². The van der Waals surface area contributed by atoms with Crippen LogP contribution >= 0.6 is 11.6 Å². The number of hydrogen-bond donors (Lipinski definition) is 0. The van der Waals surface area contributed by atoms with Crippen LogP contribution in [0.2, 0.25) is 5.15 Å². The topological polar surface area (TPSA) is 55.3 Å². The third-order valence-electron chi connectivity index (χ3n) is 2.47. The maximum Gasteiger partial charge on any atom is 0.236 e. The smallest absolute Gasteiger partial charge is 0.236 e. The Kier molecular flexibility index (Phi) is 3.16. The van der Waals surface area contributed by atoms with Gasteiger partial charge in [-0.2, -0.15) is 4.98 Å². The van der Waals surface area contributed by atoms with Crippen molar-refractivity contribution in [2.75, 3.05) is 18.6 Å². The van der Waals surface area contributed by atoms with Gasteiger partial charge in [0.05, 0.1) is 7.11 Å². The van der Waals surface area contributed by atoms with E-state index >= 15 is 0 Å². The molecule has 1 unspecified atom stereocenters. The van der Waals surface area contributed by atoms with Crippen LogP contribution in [0.3, 0.4) is 0 Å². The van der Waals surface area contributed by atoms with Crippen LogP contribution in [0, 0.1) is 18.3 Å². The number of halogens is 1. The van der Waals surface area contributed by atoms with Crippen LogP contribution < -0.4 is 9.64 Å². The van der Waals surface area contributed by atoms with E-state index in [0.717, 1.165) is 0 Å². The van der Waals surface area contributed by atoms with Crippen molar-refractivity contribution in [1.29, 1.82) is 0 Å². The van der Waals surface area contributed by atoms with E-state index in [1.807, 2.05) is 0 Å². The first-order valence-corrected chi connectivity index (χ1v) is 5.37. The minimum absolute atomic E-state index is 0.0998. The molecule has 0 spiro atoms. The Hall–Kier alpha value is -1.80. The molecule has 1 aliphatic rings. The highest BCUT2D eigenvalue weighted by molar-refractivity contribution is 6.29. The zero-order valence-electron chi connectivity index (χ0n) is 9.18. The molecule has 1 aliphatic heterocycles. The molecule has 1 aromatic heterocycles. The molecule has 17 heavy (non-hydrogen) atoms. The fraction of sp³-hybridized carbons (Fsp3) is 0.364. The second-order valence-corrected chi connectivity index (χ2v) is 3.99. The summed E-state index contributed by atoms with van der Waals surface area (Å²) in [4.78, 5) is 21.2. The maximum absolute atomic E-state index is 11.7. The van der Waals surface area contributed by atoms with Gasteiger partial charge in [-0.05, 0) is 0 Å². The average molecular weight is 252 g/mol. The van der Waals surface area contributed by atoms with Gasteiger partial charge >= 0.3 is 0 Å². The number of rotatable bonds is 2. The molecule has 1 saturated heterocycles. The van der Waals surface area contributed by atoms with Gasteiger partial charge in [0.15, 0.2) is 0 Å². The number of hydrogen-bond acceptors (Lipinski definition) is 4. The van der Waals surface area contributed by atoms with Gasteiger partial charge < -0.3 is 4.74 Å². The molecule has 0 saturated carbocycles. The van der Waals surface area contributed by atoms with Crippen LogP contribution in [0.15, 0.2) is 6.07 Å². The molecule has 2 heterocycles. The lowest BCUT2D eigenvalue weighted by molar-refractivity contribution is -0.117. The highest BCUT2D eigenvalue weighted by Crippen LogP contribution is 2.24. The Morgan fingerprint density at radius 3 is 3.00 bits per heavy atom. The number of anilines is 1. The highest BCUT2D eigenvalue weighted by atomic mass is 35.5. The molecule has 0 aliphatic carbocycles. The van der Waals surface area contributed by atoms with Gasteiger partial charge in [-0.1, -0.05) is 11.6 Å². The lowest BCUT2D eigenvalue weighted by Gasteiger charge is -2.14. The van der Waals surface area contributed by atoms with Crippen molar-refractivity contribution in [2.24, 2.45) is 5.92 Å². The molecule has 88 valence electrons. The number of ether oxygens (including phenoxy) is 1. The van der Waals surface area contributed by atoms with Gasteiger partial charge in [-0.3, -0.25) is 9.69 Å². The normalized spacial score (nSPS) is 19.2. The minimum atomic E-state index is -0.101. The Labute approximate surface area is 104 Å². The summed E-state index contributed by atoms with van der Waals surface area (Å²) in [6.07, 6.45) is 5.62. The van der Waals surface area contributed by atoms with Crippen molar-refractivity contribution >= 4 is 23.5 Å². The van der Waals surface area contributed by atoms with Crippen LogP contribution in [-0.4, -0.2) is 29.5 Å². The van der Waals surface area contributed by atoms with Gasteiger partial charge in [-0.15, -0.1) is 12.3 Å². The second kappa shape index (κ2) is 4.60. The van der Waals surface area contributed by atoms with E-state index in [1.54, 1.807) is 0 Å². The summed E-state index contributed by atoms with van der Waals surface area (Å²) < 4.78 is 4.97. The van der Waals surface area contributed by atoms with Crippen molar-refractivity contribution in [3.8, 4) is 18.2 Å². The Bertz CT molecular complexity index is 498. The zero-order valence-corrected chi connectivity index (χ0v) is 9.94. The van der Waals surface area contributed by atoms with Crippen molar-refractivity contribution in [1.82, 2.24) is 9.97 Å². The molecule has 1 amide bonds. The third-order valence-corrected chi connectivity index (χ3v) is 2.66. The molecule has 1 atom stereocenters. The van der Waals surface area contributed by atoms with E-state index in [2.05, 4.69) is 15.9 Å². The summed E-state index contributed by atoms with van der Waals surface area (Å²) in [5.74, 6) is 2.90. The average Bonchev–Trinajstić information content (AvgIpc) is 2.69. The van der Waals surface area contributed by atoms with E-state index in [1.165, 1.54) is 18.1 Å². The summed E-state index contributed by atoms with van der Waals surface area (Å²) in [7, 11) is 1.47. The summed E-state index contributed by atoms with van der Waals surface area (Å²) in [5.41, 5.74) is 0. The Morgan fingerprint density at radius 1 is 1.65 bits per heavy atom. The number of amides is 1. The van der Waals surface area contributed by atoms with Gasteiger partial charge in [0.25, 0.3) is 0 Å². The molecule has 0 aromatic carbocycles. The lowest BCUT2D eigenvalue weighted by Crippen LogP contribution is -2.26. The molecule has 0 bridgehead atoms. The highest BCUT2D eigenvalue weighted by Gasteiger charge is 2.31. The zero-order chi connectivity index (χ0) is 12.4. The predicted octanol–water partition coefficient (Wildman–Crippen LogP) is 1.12. The van der Waals surface area contributed by atoms with Crippen LogP contribution in [0.25, 0.3) is 0 Å². The van der Waals surface area contributed by atoms with E-state index in [0.29, 0.717) is 18.8 Å². The van der Waals surface area contributed by atoms with Crippen LogP contribution in [0.4, 0.5) is 5.95 Å². The van der Waals surface area contributed by atoms with Crippen LogP contribution in [0.1, 0.15) is 6.42 Å². The van der Waals surface area contributed by atoms with E-state index in [9.17, 15) is 4.79 Å². The first kappa shape index (κ1) is 11.7. The molecule has 6 heteroatoms. The number of nitrogens with zero attached hydrogens (tertiary/aromatic N) is 3. The Balaban J connectivity index is 2.32. The SMILES string of the molecule is C#CC1CC(=O)N(c2nc(Cl)cc(OC)n2)C1. The van der Waals surface area contributed by atoms with Crippen molar-refractivity contribution in [3.63, 3.8) is 0 Å². The molecule has 5 nitrogen and oxygen atoms in total. The standard InChI is InChI=1S/C11H10ClN3O2/c1-3-7-4-10(16)15(6-7)11-13-8(12)5-9(14-11)17-2/h1,5,7H,4,6H2,2H3. The van der Waals surface area contributed by atoms with E-state index in [4.69, 9.17) is 22.8 Å². The Morgan fingerprint density at radius 2 is 2.41 bits per heavy atom. The quantitative estimate of drug-likeness (QED) is 0.584. The first-order chi connectivity index (χ1) is 8.13. The number of aromatic nitrogens is 2. The molecule has 1 fully saturated rings. The molecule has 2 rings (SSSR count). The monoisotopic (exact) mass is 251 g/mol. The first-order valence-electron chi connectivity index (χ1n) is 4.99. The summed E-state index contributed by atoms with van der Waals surface area (Å²) in [6.45, 7) is 0.416. The van der Waals surface area contributed by atoms with Gasteiger partial charge in [0, 0.05) is 24.9 Å². The number of methoxy groups -OCH3 is 1. The predicted molar refractivity (Wildman–Crippen MR) is 62.9 cm³/mol. The summed E-state index contributed by atoms with van der Waals surface area (Å²) >= 11 is 5.82. The minimum Gasteiger partial charge on any atom is -0.481 e. The molecule has 1 aromatic rings. The number of carbonyl (C=O) groups is 1. The molecule has 0 N–H and O–H groups in total. The van der Waals surface area contributed by atoms with Gasteiger partial charge in [0.1, 0.15) is 5.15 Å². The number of terminal acetylenes is 1. The van der Waals surface area contributed by atoms with E-state index < -0.39 is 0 Å². The molecule has 0 radical (unpaired) electrons. The van der Waals surface area contributed by atoms with Crippen molar-refractivity contribution < 1.29 is 9.53 Å². The molecular weight excluding hydrogens is 242 g/mol. The van der Waals surface area contributed by atoms with Crippen LogP contribution in [0.5, 0.6) is 5.88 Å². The summed E-state index contributed by atoms with van der Waals surface area (Å²) in [5, 5.41) is 0.226. The molecular formula is C11H10ClN3O2. The number of carbonyl (C=O) groups excluding carboxylic acids is 1. The van der Waals surface area contributed by atoms with Gasteiger partial charge in [0.2, 0.25) is 17.7 Å². The fourth-order valence-electron chi connectivity index (χ4n) is 1.62. The summed E-state index contributed by atoms with van der Waals surface area (Å²) in [6, 6.07) is 1.48. The maximum atomic E-state index is 11.7. The van der Waals surface area contributed by atoms with Gasteiger partial charge in [-0.25, -0.2) is 4.98 Å². The second-order valence-electron chi connectivity index (χ2n) is 3.61. The van der Waals surface area contributed by atoms with E-state index in [-0.39, 0.29) is 22.9 Å².